The van der Waals surface area contributed by atoms with E-state index in [1.807, 2.05) is 18.2 Å². The third-order valence-corrected chi connectivity index (χ3v) is 8.46. The number of nitrogens with zero attached hydrogens (tertiary/aromatic N) is 3. The maximum absolute atomic E-state index is 13.4. The highest BCUT2D eigenvalue weighted by Crippen LogP contribution is 2.44. The molecule has 1 aliphatic heterocycles. The van der Waals surface area contributed by atoms with Crippen LogP contribution in [0.2, 0.25) is 0 Å². The van der Waals surface area contributed by atoms with E-state index in [1.54, 1.807) is 48.5 Å². The quantitative estimate of drug-likeness (QED) is 0.0557. The molecule has 0 saturated carbocycles. The largest absolute Gasteiger partial charge is 0.507 e. The number of anilines is 1. The maximum atomic E-state index is 13.4. The van der Waals surface area contributed by atoms with E-state index in [-0.39, 0.29) is 22.3 Å². The summed E-state index contributed by atoms with van der Waals surface area (Å²) in [6.07, 6.45) is 1.95. The van der Waals surface area contributed by atoms with Crippen LogP contribution in [-0.2, 0) is 15.3 Å². The van der Waals surface area contributed by atoms with Crippen LogP contribution in [-0.4, -0.2) is 33.6 Å². The van der Waals surface area contributed by atoms with Gasteiger partial charge in [-0.2, -0.15) is 0 Å². The van der Waals surface area contributed by atoms with Gasteiger partial charge in [0.25, 0.3) is 5.78 Å². The predicted octanol–water partition coefficient (Wildman–Crippen LogP) is 6.77. The number of aromatic nitrogens is 2. The summed E-state index contributed by atoms with van der Waals surface area (Å²) in [5.74, 6) is -0.977. The van der Waals surface area contributed by atoms with Crippen molar-refractivity contribution in [2.24, 2.45) is 0 Å². The van der Waals surface area contributed by atoms with Gasteiger partial charge < -0.3 is 9.84 Å². The predicted molar refractivity (Wildman–Crippen MR) is 154 cm³/mol. The minimum Gasteiger partial charge on any atom is -0.507 e. The monoisotopic (exact) mass is 575 g/mol. The van der Waals surface area contributed by atoms with Gasteiger partial charge in [0.15, 0.2) is 4.34 Å². The van der Waals surface area contributed by atoms with E-state index in [2.05, 4.69) is 17.1 Å². The number of amides is 1. The van der Waals surface area contributed by atoms with Crippen molar-refractivity contribution in [3.05, 3.63) is 107 Å². The molecule has 2 heterocycles. The smallest absolute Gasteiger partial charge is 0.301 e. The van der Waals surface area contributed by atoms with Gasteiger partial charge in [0.1, 0.15) is 17.3 Å². The van der Waals surface area contributed by atoms with Crippen LogP contribution >= 0.6 is 23.1 Å². The van der Waals surface area contributed by atoms with Gasteiger partial charge in [0.05, 0.1) is 18.2 Å². The zero-order valence-electron chi connectivity index (χ0n) is 21.6. The summed E-state index contributed by atoms with van der Waals surface area (Å²) in [5, 5.41) is 20.0. The summed E-state index contributed by atoms with van der Waals surface area (Å²) in [5.41, 5.74) is 1.94. The highest BCUT2D eigenvalue weighted by atomic mass is 32.2. The molecule has 4 aromatic rings. The van der Waals surface area contributed by atoms with Crippen molar-refractivity contribution in [1.82, 2.24) is 10.2 Å². The zero-order chi connectivity index (χ0) is 28.1. The average Bonchev–Trinajstić information content (AvgIpc) is 3.55. The van der Waals surface area contributed by atoms with E-state index in [0.717, 1.165) is 18.4 Å². The highest BCUT2D eigenvalue weighted by molar-refractivity contribution is 8.00. The van der Waals surface area contributed by atoms with Crippen molar-refractivity contribution >= 4 is 45.7 Å². The molecule has 0 spiro atoms. The van der Waals surface area contributed by atoms with Crippen LogP contribution in [0.4, 0.5) is 9.52 Å². The Morgan fingerprint density at radius 2 is 1.75 bits per heavy atom. The topological polar surface area (TPSA) is 92.6 Å². The number of hydrogen-bond acceptors (Lipinski definition) is 8. The molecule has 40 heavy (non-hydrogen) atoms. The molecule has 1 saturated heterocycles. The second kappa shape index (κ2) is 12.4. The van der Waals surface area contributed by atoms with Crippen molar-refractivity contribution in [3.8, 4) is 5.75 Å². The summed E-state index contributed by atoms with van der Waals surface area (Å²) in [4.78, 5) is 28.0. The van der Waals surface area contributed by atoms with Crippen LogP contribution in [0, 0.1) is 5.82 Å². The lowest BCUT2D eigenvalue weighted by atomic mass is 9.95. The first-order chi connectivity index (χ1) is 19.5. The van der Waals surface area contributed by atoms with E-state index >= 15 is 0 Å². The van der Waals surface area contributed by atoms with Crippen molar-refractivity contribution in [2.75, 3.05) is 11.5 Å². The summed E-state index contributed by atoms with van der Waals surface area (Å²) in [7, 11) is 0. The highest BCUT2D eigenvalue weighted by Gasteiger charge is 2.48. The van der Waals surface area contributed by atoms with Crippen LogP contribution in [0.1, 0.15) is 42.5 Å². The first kappa shape index (κ1) is 27.5. The van der Waals surface area contributed by atoms with Crippen molar-refractivity contribution in [1.29, 1.82) is 0 Å². The fourth-order valence-corrected chi connectivity index (χ4v) is 6.09. The molecule has 1 amide bonds. The third kappa shape index (κ3) is 5.93. The Hall–Kier alpha value is -4.02. The van der Waals surface area contributed by atoms with E-state index in [9.17, 15) is 19.1 Å². The third-order valence-electron chi connectivity index (χ3n) is 6.33. The first-order valence-electron chi connectivity index (χ1n) is 12.8. The van der Waals surface area contributed by atoms with Gasteiger partial charge >= 0.3 is 5.91 Å². The van der Waals surface area contributed by atoms with Crippen LogP contribution in [0.25, 0.3) is 5.76 Å². The lowest BCUT2D eigenvalue weighted by Gasteiger charge is -2.22. The molecule has 0 radical (unpaired) electrons. The van der Waals surface area contributed by atoms with Gasteiger partial charge in [-0.1, -0.05) is 78.9 Å². The van der Waals surface area contributed by atoms with E-state index < -0.39 is 17.7 Å². The number of ketones is 1. The number of benzene rings is 3. The molecular formula is C30H26FN3O4S2. The second-order valence-corrected chi connectivity index (χ2v) is 11.3. The normalized spacial score (nSPS) is 16.4. The number of thioether (sulfide) groups is 1. The van der Waals surface area contributed by atoms with Gasteiger partial charge in [-0.25, -0.2) is 4.39 Å². The van der Waals surface area contributed by atoms with Crippen LogP contribution in [0.3, 0.4) is 0 Å². The minimum absolute atomic E-state index is 0.0217. The van der Waals surface area contributed by atoms with Crippen molar-refractivity contribution < 1.29 is 23.8 Å². The molecule has 1 fully saturated rings. The fraction of sp³-hybridized carbons (Fsp3) is 0.200. The van der Waals surface area contributed by atoms with Gasteiger partial charge in [0, 0.05) is 11.3 Å². The lowest BCUT2D eigenvalue weighted by molar-refractivity contribution is -0.132. The average molecular weight is 576 g/mol. The standard InChI is InChI=1S/C30H26FN3O4S2/c1-2-3-17-38-23-15-11-21(12-16-23)26(35)24-25(20-7-5-4-6-8-20)34(28(37)27(24)36)29-32-33-30(40-29)39-18-19-9-13-22(31)14-10-19/h4-16,25,35H,2-3,17-18H2,1H3/b26-24+. The van der Waals surface area contributed by atoms with Crippen molar-refractivity contribution in [3.63, 3.8) is 0 Å². The summed E-state index contributed by atoms with van der Waals surface area (Å²) in [6.45, 7) is 2.67. The Balaban J connectivity index is 1.46. The SMILES string of the molecule is CCCCOc1ccc(/C(O)=C2\C(=O)C(=O)N(c3nnc(SCc4ccc(F)cc4)s3)C2c2ccccc2)cc1. The number of unbranched alkanes of at least 4 members (excludes halogenated alkanes) is 1. The second-order valence-electron chi connectivity index (χ2n) is 9.07. The molecule has 10 heteroatoms. The van der Waals surface area contributed by atoms with Gasteiger partial charge in [-0.3, -0.25) is 14.5 Å². The number of aliphatic hydroxyl groups is 1. The minimum atomic E-state index is -0.885. The summed E-state index contributed by atoms with van der Waals surface area (Å²) >= 11 is 2.57. The number of Topliss-reactive ketones (excluding diaryl/α,β-unsaturated/α-hetero) is 1. The number of ether oxygens (including phenoxy) is 1. The molecule has 1 aliphatic rings. The maximum Gasteiger partial charge on any atom is 0.301 e. The Bertz CT molecular complexity index is 1520. The molecule has 1 atom stereocenters. The molecule has 204 valence electrons. The number of halogens is 1. The van der Waals surface area contributed by atoms with E-state index in [0.29, 0.717) is 33.6 Å². The first-order valence-corrected chi connectivity index (χ1v) is 14.6. The molecular weight excluding hydrogens is 549 g/mol. The molecule has 0 bridgehead atoms. The van der Waals surface area contributed by atoms with Gasteiger partial charge in [0.2, 0.25) is 5.13 Å². The summed E-state index contributed by atoms with van der Waals surface area (Å²) < 4.78 is 19.5. The lowest BCUT2D eigenvalue weighted by Crippen LogP contribution is -2.29. The van der Waals surface area contributed by atoms with Gasteiger partial charge in [-0.05, 0) is 53.9 Å². The Kier molecular flexibility index (Phi) is 8.57. The Morgan fingerprint density at radius 3 is 2.45 bits per heavy atom. The van der Waals surface area contributed by atoms with Crippen molar-refractivity contribution in [2.45, 2.75) is 35.9 Å². The number of carbonyl (C=O) groups is 2. The van der Waals surface area contributed by atoms with Crippen LogP contribution in [0.15, 0.2) is 88.8 Å². The zero-order valence-corrected chi connectivity index (χ0v) is 23.3. The molecule has 1 unspecified atom stereocenters. The molecule has 3 aromatic carbocycles. The Morgan fingerprint density at radius 1 is 1.02 bits per heavy atom. The van der Waals surface area contributed by atoms with Gasteiger partial charge in [-0.15, -0.1) is 10.2 Å². The Labute approximate surface area is 239 Å². The molecule has 7 nitrogen and oxygen atoms in total. The number of rotatable bonds is 10. The fourth-order valence-electron chi connectivity index (χ4n) is 4.26. The molecule has 5 rings (SSSR count). The van der Waals surface area contributed by atoms with E-state index in [4.69, 9.17) is 4.74 Å². The molecule has 0 aliphatic carbocycles. The number of aliphatic hydroxyl groups excluding tert-OH is 1. The molecule has 1 aromatic heterocycles. The summed E-state index contributed by atoms with van der Waals surface area (Å²) in [6, 6.07) is 21.1. The van der Waals surface area contributed by atoms with E-state index in [1.165, 1.54) is 40.1 Å². The van der Waals surface area contributed by atoms with Crippen LogP contribution < -0.4 is 9.64 Å². The van der Waals surface area contributed by atoms with Crippen LogP contribution in [0.5, 0.6) is 5.75 Å². The molecule has 1 N–H and O–H groups in total. The number of hydrogen-bond donors (Lipinski definition) is 1. The number of carbonyl (C=O) groups excluding carboxylic acids is 2.